The highest BCUT2D eigenvalue weighted by Crippen LogP contribution is 2.22. The van der Waals surface area contributed by atoms with Crippen LogP contribution in [0.5, 0.6) is 6.08 Å². The number of hydrogen-bond donors (Lipinski definition) is 1. The molecule has 0 aliphatic rings. The summed E-state index contributed by atoms with van der Waals surface area (Å²) < 4.78 is 10.7. The topological polar surface area (TPSA) is 78.4 Å². The van der Waals surface area contributed by atoms with E-state index in [1.54, 1.807) is 12.1 Å². The molecule has 0 saturated carbocycles. The summed E-state index contributed by atoms with van der Waals surface area (Å²) in [6.45, 7) is 0.268. The van der Waals surface area contributed by atoms with Gasteiger partial charge in [0.05, 0.1) is 10.9 Å². The Morgan fingerprint density at radius 2 is 2.00 bits per heavy atom. The Labute approximate surface area is 144 Å². The molecule has 0 saturated heterocycles. The minimum atomic E-state index is -0.479. The maximum atomic E-state index is 12.3. The predicted molar refractivity (Wildman–Crippen MR) is 94.5 cm³/mol. The highest BCUT2D eigenvalue weighted by Gasteiger charge is 2.13. The van der Waals surface area contributed by atoms with E-state index in [9.17, 15) is 4.79 Å². The molecule has 3 aromatic rings. The first kappa shape index (κ1) is 16.3. The molecular formula is C18H17ClN2O3. The molecule has 5 nitrogen and oxygen atoms in total. The monoisotopic (exact) mass is 344 g/mol. The lowest BCUT2D eigenvalue weighted by molar-refractivity contribution is 0.207. The van der Waals surface area contributed by atoms with Crippen LogP contribution in [-0.2, 0) is 13.0 Å². The minimum Gasteiger partial charge on any atom is -0.445 e. The van der Waals surface area contributed by atoms with Crippen LogP contribution in [0.25, 0.3) is 10.9 Å². The zero-order chi connectivity index (χ0) is 16.9. The molecule has 0 amide bonds. The second-order valence-electron chi connectivity index (χ2n) is 5.41. The van der Waals surface area contributed by atoms with E-state index < -0.39 is 5.63 Å². The van der Waals surface area contributed by atoms with Gasteiger partial charge in [-0.15, -0.1) is 11.6 Å². The number of nitrogens with two attached hydrogens (primary N) is 1. The van der Waals surface area contributed by atoms with E-state index >= 15 is 0 Å². The summed E-state index contributed by atoms with van der Waals surface area (Å²) in [5.41, 5.74) is 8.20. The summed E-state index contributed by atoms with van der Waals surface area (Å²) in [4.78, 5) is 16.6. The third kappa shape index (κ3) is 3.68. The summed E-state index contributed by atoms with van der Waals surface area (Å²) >= 11 is 5.74. The van der Waals surface area contributed by atoms with Crippen LogP contribution in [0.4, 0.5) is 5.69 Å². The quantitative estimate of drug-likeness (QED) is 0.546. The molecule has 2 aromatic carbocycles. The van der Waals surface area contributed by atoms with E-state index in [1.165, 1.54) is 0 Å². The Balaban J connectivity index is 1.93. The zero-order valence-corrected chi connectivity index (χ0v) is 13.8. The minimum absolute atomic E-state index is 0.0646. The fourth-order valence-corrected chi connectivity index (χ4v) is 2.65. The van der Waals surface area contributed by atoms with Gasteiger partial charge in [-0.25, -0.2) is 4.79 Å². The van der Waals surface area contributed by atoms with Crippen LogP contribution in [-0.4, -0.2) is 10.9 Å². The van der Waals surface area contributed by atoms with Gasteiger partial charge in [-0.1, -0.05) is 30.3 Å². The first-order chi connectivity index (χ1) is 11.7. The normalized spacial score (nSPS) is 10.9. The molecule has 24 heavy (non-hydrogen) atoms. The second kappa shape index (κ2) is 7.36. The lowest BCUT2D eigenvalue weighted by Crippen LogP contribution is -2.08. The fraction of sp³-hybridized carbons (Fsp3) is 0.222. The van der Waals surface area contributed by atoms with Gasteiger partial charge >= 0.3 is 11.7 Å². The smallest absolute Gasteiger partial charge is 0.397 e. The highest BCUT2D eigenvalue weighted by atomic mass is 35.5. The van der Waals surface area contributed by atoms with Gasteiger partial charge in [0.25, 0.3) is 0 Å². The standard InChI is InChI=1S/C18H17ClN2O3/c19-8-4-7-13-9-14(20)10-15-16(13)17(22)24-18(21-15)23-11-12-5-2-1-3-6-12/h1-3,5-6,9-10H,4,7-8,11,20H2. The van der Waals surface area contributed by atoms with Crippen molar-refractivity contribution in [3.05, 3.63) is 64.0 Å². The molecule has 0 radical (unpaired) electrons. The molecule has 6 heteroatoms. The van der Waals surface area contributed by atoms with Gasteiger partial charge in [0.2, 0.25) is 0 Å². The SMILES string of the molecule is Nc1cc(CCCCl)c2c(=O)oc(OCc3ccccc3)nc2c1. The molecular weight excluding hydrogens is 328 g/mol. The van der Waals surface area contributed by atoms with E-state index in [2.05, 4.69) is 4.98 Å². The van der Waals surface area contributed by atoms with Gasteiger partial charge in [-0.05, 0) is 36.1 Å². The van der Waals surface area contributed by atoms with Crippen molar-refractivity contribution in [2.45, 2.75) is 19.4 Å². The molecule has 1 aromatic heterocycles. The van der Waals surface area contributed by atoms with Crippen molar-refractivity contribution < 1.29 is 9.15 Å². The van der Waals surface area contributed by atoms with Crippen LogP contribution in [0.1, 0.15) is 17.5 Å². The largest absolute Gasteiger partial charge is 0.445 e. The van der Waals surface area contributed by atoms with Crippen molar-refractivity contribution in [1.82, 2.24) is 4.98 Å². The number of nitrogen functional groups attached to an aromatic ring is 1. The second-order valence-corrected chi connectivity index (χ2v) is 5.79. The van der Waals surface area contributed by atoms with Crippen LogP contribution < -0.4 is 16.1 Å². The lowest BCUT2D eigenvalue weighted by atomic mass is 10.0. The van der Waals surface area contributed by atoms with E-state index in [-0.39, 0.29) is 12.7 Å². The average molecular weight is 345 g/mol. The van der Waals surface area contributed by atoms with Gasteiger partial charge in [-0.2, -0.15) is 4.98 Å². The number of hydrogen-bond acceptors (Lipinski definition) is 5. The zero-order valence-electron chi connectivity index (χ0n) is 13.0. The van der Waals surface area contributed by atoms with Crippen LogP contribution in [0, 0.1) is 0 Å². The number of anilines is 1. The third-order valence-corrected chi connectivity index (χ3v) is 3.87. The molecule has 3 rings (SSSR count). The summed E-state index contributed by atoms with van der Waals surface area (Å²) in [5, 5.41) is 0.432. The molecule has 124 valence electrons. The van der Waals surface area contributed by atoms with Crippen LogP contribution in [0.15, 0.2) is 51.7 Å². The number of ether oxygens (including phenoxy) is 1. The maximum absolute atomic E-state index is 12.3. The fourth-order valence-electron chi connectivity index (χ4n) is 2.52. The van der Waals surface area contributed by atoms with E-state index in [4.69, 9.17) is 26.5 Å². The van der Waals surface area contributed by atoms with Crippen molar-refractivity contribution in [3.63, 3.8) is 0 Å². The number of aromatic nitrogens is 1. The van der Waals surface area contributed by atoms with Gasteiger partial charge in [0.1, 0.15) is 6.61 Å². The van der Waals surface area contributed by atoms with Crippen LogP contribution in [0.2, 0.25) is 0 Å². The summed E-state index contributed by atoms with van der Waals surface area (Å²) in [7, 11) is 0. The van der Waals surface area contributed by atoms with Crippen molar-refractivity contribution in [1.29, 1.82) is 0 Å². The maximum Gasteiger partial charge on any atom is 0.397 e. The molecule has 1 heterocycles. The number of halogens is 1. The molecule has 0 unspecified atom stereocenters. The van der Waals surface area contributed by atoms with E-state index in [0.29, 0.717) is 28.9 Å². The summed E-state index contributed by atoms with van der Waals surface area (Å²) in [5.74, 6) is 0.507. The molecule has 0 atom stereocenters. The first-order valence-electron chi connectivity index (χ1n) is 7.63. The number of alkyl halides is 1. The predicted octanol–water partition coefficient (Wildman–Crippen LogP) is 3.52. The van der Waals surface area contributed by atoms with E-state index in [0.717, 1.165) is 17.5 Å². The van der Waals surface area contributed by atoms with Crippen molar-refractivity contribution in [2.24, 2.45) is 0 Å². The average Bonchev–Trinajstić information content (AvgIpc) is 2.58. The van der Waals surface area contributed by atoms with Crippen molar-refractivity contribution >= 4 is 28.2 Å². The number of benzene rings is 2. The number of aryl methyl sites for hydroxylation is 1. The summed E-state index contributed by atoms with van der Waals surface area (Å²) in [6.07, 6.45) is 1.32. The van der Waals surface area contributed by atoms with Gasteiger partial charge in [-0.3, -0.25) is 0 Å². The number of rotatable bonds is 6. The molecule has 0 bridgehead atoms. The Morgan fingerprint density at radius 1 is 1.21 bits per heavy atom. The Hall–Kier alpha value is -2.53. The molecule has 0 aliphatic heterocycles. The molecule has 0 aliphatic carbocycles. The first-order valence-corrected chi connectivity index (χ1v) is 8.17. The van der Waals surface area contributed by atoms with E-state index in [1.807, 2.05) is 30.3 Å². The van der Waals surface area contributed by atoms with Gasteiger partial charge < -0.3 is 14.9 Å². The van der Waals surface area contributed by atoms with Gasteiger partial charge in [0, 0.05) is 11.6 Å². The number of nitrogens with zero attached hydrogens (tertiary/aromatic N) is 1. The molecule has 2 N–H and O–H groups in total. The Morgan fingerprint density at radius 3 is 2.75 bits per heavy atom. The van der Waals surface area contributed by atoms with Crippen LogP contribution >= 0.6 is 11.6 Å². The van der Waals surface area contributed by atoms with Crippen molar-refractivity contribution in [3.8, 4) is 6.08 Å². The number of fused-ring (bicyclic) bond motifs is 1. The Bertz CT molecular complexity index is 894. The third-order valence-electron chi connectivity index (χ3n) is 3.60. The molecule has 0 fully saturated rings. The van der Waals surface area contributed by atoms with Crippen molar-refractivity contribution in [2.75, 3.05) is 11.6 Å². The molecule has 0 spiro atoms. The summed E-state index contributed by atoms with van der Waals surface area (Å²) in [6, 6.07) is 13.0. The lowest BCUT2D eigenvalue weighted by Gasteiger charge is -2.08. The Kier molecular flexibility index (Phi) is 5.01. The highest BCUT2D eigenvalue weighted by molar-refractivity contribution is 6.17. The van der Waals surface area contributed by atoms with Gasteiger partial charge in [0.15, 0.2) is 0 Å². The van der Waals surface area contributed by atoms with Crippen LogP contribution in [0.3, 0.4) is 0 Å².